The zero-order valence-corrected chi connectivity index (χ0v) is 18.7. The van der Waals surface area contributed by atoms with E-state index in [0.717, 1.165) is 55.3 Å². The highest BCUT2D eigenvalue weighted by Crippen LogP contribution is 2.28. The Morgan fingerprint density at radius 2 is 1.94 bits per heavy atom. The van der Waals surface area contributed by atoms with Crippen molar-refractivity contribution in [1.29, 1.82) is 0 Å². The Morgan fingerprint density at radius 3 is 2.65 bits per heavy atom. The Balaban J connectivity index is 1.56. The zero-order valence-electron chi connectivity index (χ0n) is 17.8. The van der Waals surface area contributed by atoms with Crippen molar-refractivity contribution in [1.82, 2.24) is 15.1 Å². The van der Waals surface area contributed by atoms with E-state index in [9.17, 15) is 4.79 Å². The van der Waals surface area contributed by atoms with Crippen LogP contribution in [0.25, 0.3) is 6.08 Å². The number of hydrogen-bond acceptors (Lipinski definition) is 5. The molecule has 1 unspecified atom stereocenters. The molecule has 0 radical (unpaired) electrons. The number of morpholine rings is 1. The van der Waals surface area contributed by atoms with Crippen molar-refractivity contribution >= 4 is 29.3 Å². The lowest BCUT2D eigenvalue weighted by Gasteiger charge is -2.27. The molecule has 2 aliphatic heterocycles. The molecule has 0 spiro atoms. The van der Waals surface area contributed by atoms with Crippen molar-refractivity contribution < 1.29 is 14.3 Å². The number of thiocarbonyl (C=S) groups is 1. The highest BCUT2D eigenvalue weighted by Gasteiger charge is 2.34. The van der Waals surface area contributed by atoms with Gasteiger partial charge in [-0.1, -0.05) is 36.4 Å². The first-order valence-electron chi connectivity index (χ1n) is 10.4. The standard InChI is InChI=1S/C24H27N3O3S/c1-17(19-6-4-3-5-7-19)27-23(28)21(25-24(27)31)15-18-8-9-22(29-2)20(14-18)16-26-10-12-30-13-11-26/h3-9,14-15,17H,10-13,16H2,1-2H3,(H,25,31)/b21-15-. The van der Waals surface area contributed by atoms with Gasteiger partial charge in [-0.2, -0.15) is 0 Å². The molecule has 4 rings (SSSR count). The van der Waals surface area contributed by atoms with Gasteiger partial charge in [0.1, 0.15) is 11.4 Å². The lowest BCUT2D eigenvalue weighted by molar-refractivity contribution is -0.123. The normalized spacial score (nSPS) is 19.5. The lowest BCUT2D eigenvalue weighted by atomic mass is 10.1. The van der Waals surface area contributed by atoms with E-state index in [1.807, 2.05) is 55.5 Å². The highest BCUT2D eigenvalue weighted by atomic mass is 32.1. The van der Waals surface area contributed by atoms with E-state index in [1.54, 1.807) is 12.0 Å². The molecule has 31 heavy (non-hydrogen) atoms. The zero-order chi connectivity index (χ0) is 21.8. The van der Waals surface area contributed by atoms with Crippen molar-refractivity contribution in [2.24, 2.45) is 0 Å². The topological polar surface area (TPSA) is 54.0 Å². The first kappa shape index (κ1) is 21.5. The first-order valence-corrected chi connectivity index (χ1v) is 10.9. The largest absolute Gasteiger partial charge is 0.496 e. The summed E-state index contributed by atoms with van der Waals surface area (Å²) in [5.74, 6) is 0.723. The quantitative estimate of drug-likeness (QED) is 0.553. The van der Waals surface area contributed by atoms with E-state index < -0.39 is 0 Å². The van der Waals surface area contributed by atoms with Crippen LogP contribution in [0.1, 0.15) is 29.7 Å². The molecule has 162 valence electrons. The maximum Gasteiger partial charge on any atom is 0.277 e. The van der Waals surface area contributed by atoms with Crippen molar-refractivity contribution in [3.8, 4) is 5.75 Å². The minimum absolute atomic E-state index is 0.119. The summed E-state index contributed by atoms with van der Waals surface area (Å²) >= 11 is 5.48. The third kappa shape index (κ3) is 4.79. The summed E-state index contributed by atoms with van der Waals surface area (Å²) in [6.07, 6.45) is 1.86. The molecule has 2 heterocycles. The Bertz CT molecular complexity index is 987. The Kier molecular flexibility index (Phi) is 6.65. The van der Waals surface area contributed by atoms with Gasteiger partial charge >= 0.3 is 0 Å². The lowest BCUT2D eigenvalue weighted by Crippen LogP contribution is -2.35. The van der Waals surface area contributed by atoms with E-state index in [0.29, 0.717) is 10.8 Å². The molecule has 2 aliphatic rings. The Morgan fingerprint density at radius 1 is 1.19 bits per heavy atom. The molecular weight excluding hydrogens is 410 g/mol. The average Bonchev–Trinajstić information content (AvgIpc) is 3.07. The van der Waals surface area contributed by atoms with Gasteiger partial charge in [-0.05, 0) is 48.5 Å². The van der Waals surface area contributed by atoms with Gasteiger partial charge in [0.25, 0.3) is 5.91 Å². The molecule has 7 heteroatoms. The number of rotatable bonds is 6. The number of benzene rings is 2. The van der Waals surface area contributed by atoms with Gasteiger partial charge in [-0.25, -0.2) is 0 Å². The number of carbonyl (C=O) groups is 1. The summed E-state index contributed by atoms with van der Waals surface area (Å²) in [7, 11) is 1.68. The predicted octanol–water partition coefficient (Wildman–Crippen LogP) is 3.35. The van der Waals surface area contributed by atoms with Crippen molar-refractivity contribution in [2.75, 3.05) is 33.4 Å². The number of nitrogens with zero attached hydrogens (tertiary/aromatic N) is 2. The van der Waals surface area contributed by atoms with Crippen molar-refractivity contribution in [3.05, 3.63) is 70.9 Å². The van der Waals surface area contributed by atoms with E-state index in [-0.39, 0.29) is 11.9 Å². The second-order valence-corrected chi connectivity index (χ2v) is 8.10. The van der Waals surface area contributed by atoms with Crippen molar-refractivity contribution in [3.63, 3.8) is 0 Å². The number of methoxy groups -OCH3 is 1. The SMILES string of the molecule is COc1ccc(/C=C2\NC(=S)N(C(C)c3ccccc3)C2=O)cc1CN1CCOCC1. The molecule has 2 aromatic carbocycles. The maximum absolute atomic E-state index is 13.1. The molecule has 0 saturated carbocycles. The van der Waals surface area contributed by atoms with Crippen LogP contribution in [-0.2, 0) is 16.1 Å². The van der Waals surface area contributed by atoms with Gasteiger partial charge < -0.3 is 14.8 Å². The fourth-order valence-electron chi connectivity index (χ4n) is 3.96. The van der Waals surface area contributed by atoms with E-state index in [2.05, 4.69) is 16.3 Å². The minimum atomic E-state index is -0.146. The summed E-state index contributed by atoms with van der Waals surface area (Å²) in [5.41, 5.74) is 3.53. The van der Waals surface area contributed by atoms with Crippen LogP contribution in [-0.4, -0.2) is 54.2 Å². The Labute approximate surface area is 188 Å². The fourth-order valence-corrected chi connectivity index (χ4v) is 4.31. The maximum atomic E-state index is 13.1. The number of hydrogen-bond donors (Lipinski definition) is 1. The van der Waals surface area contributed by atoms with Gasteiger partial charge in [0, 0.05) is 25.2 Å². The fraction of sp³-hybridized carbons (Fsp3) is 0.333. The molecule has 0 aromatic heterocycles. The van der Waals surface area contributed by atoms with Crippen LogP contribution in [0.15, 0.2) is 54.2 Å². The summed E-state index contributed by atoms with van der Waals surface area (Å²) < 4.78 is 11.0. The van der Waals surface area contributed by atoms with Gasteiger partial charge in [0.2, 0.25) is 0 Å². The number of nitrogens with one attached hydrogen (secondary N) is 1. The summed E-state index contributed by atoms with van der Waals surface area (Å²) in [5, 5.41) is 3.52. The van der Waals surface area contributed by atoms with Gasteiger partial charge in [-0.3, -0.25) is 14.6 Å². The number of ether oxygens (including phenoxy) is 2. The monoisotopic (exact) mass is 437 g/mol. The second-order valence-electron chi connectivity index (χ2n) is 7.71. The van der Waals surface area contributed by atoms with E-state index in [1.165, 1.54) is 0 Å². The van der Waals surface area contributed by atoms with Gasteiger partial charge in [-0.15, -0.1) is 0 Å². The van der Waals surface area contributed by atoms with Gasteiger partial charge in [0.05, 0.1) is 26.4 Å². The molecule has 2 saturated heterocycles. The molecule has 1 amide bonds. The summed E-state index contributed by atoms with van der Waals surface area (Å²) in [4.78, 5) is 17.1. The van der Waals surface area contributed by atoms with Crippen LogP contribution < -0.4 is 10.1 Å². The molecule has 2 fully saturated rings. The van der Waals surface area contributed by atoms with Crippen molar-refractivity contribution in [2.45, 2.75) is 19.5 Å². The second kappa shape index (κ2) is 9.60. The number of amides is 1. The molecule has 1 atom stereocenters. The third-order valence-electron chi connectivity index (χ3n) is 5.69. The van der Waals surface area contributed by atoms with Crippen LogP contribution in [0.3, 0.4) is 0 Å². The number of carbonyl (C=O) groups excluding carboxylic acids is 1. The van der Waals surface area contributed by atoms with Gasteiger partial charge in [0.15, 0.2) is 5.11 Å². The Hall–Kier alpha value is -2.74. The molecule has 2 aromatic rings. The average molecular weight is 438 g/mol. The highest BCUT2D eigenvalue weighted by molar-refractivity contribution is 7.80. The van der Waals surface area contributed by atoms with Crippen LogP contribution >= 0.6 is 12.2 Å². The third-order valence-corrected chi connectivity index (χ3v) is 5.99. The summed E-state index contributed by atoms with van der Waals surface area (Å²) in [6.45, 7) is 6.05. The van der Waals surface area contributed by atoms with Crippen LogP contribution in [0.2, 0.25) is 0 Å². The molecule has 0 aliphatic carbocycles. The smallest absolute Gasteiger partial charge is 0.277 e. The van der Waals surface area contributed by atoms with Crippen LogP contribution in [0.5, 0.6) is 5.75 Å². The van der Waals surface area contributed by atoms with Crippen LogP contribution in [0.4, 0.5) is 0 Å². The molecule has 0 bridgehead atoms. The van der Waals surface area contributed by atoms with E-state index >= 15 is 0 Å². The molecule has 1 N–H and O–H groups in total. The van der Waals surface area contributed by atoms with Crippen LogP contribution in [0, 0.1) is 0 Å². The van der Waals surface area contributed by atoms with E-state index in [4.69, 9.17) is 21.7 Å². The molecular formula is C24H27N3O3S. The minimum Gasteiger partial charge on any atom is -0.496 e. The first-order chi connectivity index (χ1) is 15.1. The molecule has 6 nitrogen and oxygen atoms in total. The predicted molar refractivity (Wildman–Crippen MR) is 125 cm³/mol. The summed E-state index contributed by atoms with van der Waals surface area (Å²) in [6, 6.07) is 15.7.